The van der Waals surface area contributed by atoms with Crippen LogP contribution < -0.4 is 5.32 Å². The monoisotopic (exact) mass is 316 g/mol. The predicted octanol–water partition coefficient (Wildman–Crippen LogP) is 1.26. The number of esters is 1. The van der Waals surface area contributed by atoms with Crippen LogP contribution in [0.15, 0.2) is 36.5 Å². The highest BCUT2D eigenvalue weighted by molar-refractivity contribution is 6.01. The van der Waals surface area contributed by atoms with Gasteiger partial charge in [-0.05, 0) is 6.07 Å². The number of para-hydroxylation sites is 1. The second-order valence-electron chi connectivity index (χ2n) is 4.79. The van der Waals surface area contributed by atoms with Crippen molar-refractivity contribution in [3.05, 3.63) is 42.1 Å². The molecule has 0 saturated heterocycles. The topological polar surface area (TPSA) is 106 Å². The summed E-state index contributed by atoms with van der Waals surface area (Å²) >= 11 is 0. The van der Waals surface area contributed by atoms with Crippen LogP contribution in [-0.4, -0.2) is 34.0 Å². The maximum absolute atomic E-state index is 11.9. The number of nitrogens with zero attached hydrogens (tertiary/aromatic N) is 1. The highest BCUT2D eigenvalue weighted by Gasteiger charge is 2.29. The van der Waals surface area contributed by atoms with Crippen molar-refractivity contribution in [2.24, 2.45) is 0 Å². The molecule has 2 rings (SSSR count). The zero-order chi connectivity index (χ0) is 16.8. The van der Waals surface area contributed by atoms with Crippen LogP contribution in [-0.2, 0) is 25.7 Å². The number of nitrogens with one attached hydrogen (secondary N) is 1. The lowest BCUT2D eigenvalue weighted by molar-refractivity contribution is -0.157. The molecule has 7 heteroatoms. The SMILES string of the molecule is CCC(=O)NC(C(=O)O)C(=O)OCc1cccc2cccnc12. The molecule has 120 valence electrons. The largest absolute Gasteiger partial charge is 0.479 e. The number of benzene rings is 1. The number of hydrogen-bond acceptors (Lipinski definition) is 5. The van der Waals surface area contributed by atoms with E-state index in [1.807, 2.05) is 12.1 Å². The average Bonchev–Trinajstić information content (AvgIpc) is 2.56. The van der Waals surface area contributed by atoms with Crippen molar-refractivity contribution >= 4 is 28.7 Å². The lowest BCUT2D eigenvalue weighted by Gasteiger charge is -2.14. The Morgan fingerprint density at radius 2 is 2.00 bits per heavy atom. The number of hydrogen-bond donors (Lipinski definition) is 2. The molecule has 0 radical (unpaired) electrons. The number of ether oxygens (including phenoxy) is 1. The van der Waals surface area contributed by atoms with Gasteiger partial charge >= 0.3 is 11.9 Å². The van der Waals surface area contributed by atoms with Gasteiger partial charge in [0.1, 0.15) is 6.61 Å². The van der Waals surface area contributed by atoms with E-state index in [0.717, 1.165) is 5.39 Å². The molecule has 0 fully saturated rings. The number of carboxylic acid groups (broad SMARTS) is 1. The minimum absolute atomic E-state index is 0.0737. The lowest BCUT2D eigenvalue weighted by Crippen LogP contribution is -2.47. The number of aromatic nitrogens is 1. The summed E-state index contributed by atoms with van der Waals surface area (Å²) in [4.78, 5) is 38.5. The van der Waals surface area contributed by atoms with Crippen LogP contribution in [0.25, 0.3) is 10.9 Å². The number of carbonyl (C=O) groups excluding carboxylic acids is 2. The van der Waals surface area contributed by atoms with Gasteiger partial charge < -0.3 is 15.2 Å². The quantitative estimate of drug-likeness (QED) is 0.614. The first kappa shape index (κ1) is 16.4. The molecule has 2 aromatic rings. The van der Waals surface area contributed by atoms with E-state index in [4.69, 9.17) is 9.84 Å². The number of fused-ring (bicyclic) bond motifs is 1. The zero-order valence-corrected chi connectivity index (χ0v) is 12.5. The Morgan fingerprint density at radius 3 is 2.70 bits per heavy atom. The molecule has 1 aromatic heterocycles. The molecule has 0 bridgehead atoms. The maximum Gasteiger partial charge on any atom is 0.340 e. The fourth-order valence-electron chi connectivity index (χ4n) is 2.00. The van der Waals surface area contributed by atoms with Gasteiger partial charge in [-0.2, -0.15) is 0 Å². The second-order valence-corrected chi connectivity index (χ2v) is 4.79. The molecule has 0 saturated carbocycles. The van der Waals surface area contributed by atoms with E-state index in [1.54, 1.807) is 31.3 Å². The third kappa shape index (κ3) is 4.03. The molecule has 7 nitrogen and oxygen atoms in total. The molecule has 1 aromatic carbocycles. The Balaban J connectivity index is 2.10. The predicted molar refractivity (Wildman–Crippen MR) is 81.4 cm³/mol. The average molecular weight is 316 g/mol. The summed E-state index contributed by atoms with van der Waals surface area (Å²) in [5.74, 6) is -3.03. The smallest absolute Gasteiger partial charge is 0.340 e. The van der Waals surface area contributed by atoms with E-state index in [2.05, 4.69) is 10.3 Å². The molecule has 23 heavy (non-hydrogen) atoms. The second kappa shape index (κ2) is 7.35. The molecular formula is C16H16N2O5. The van der Waals surface area contributed by atoms with E-state index >= 15 is 0 Å². The number of amides is 1. The Hall–Kier alpha value is -2.96. The van der Waals surface area contributed by atoms with Gasteiger partial charge in [-0.15, -0.1) is 0 Å². The number of pyridine rings is 1. The van der Waals surface area contributed by atoms with Crippen LogP contribution in [0, 0.1) is 0 Å². The fourth-order valence-corrected chi connectivity index (χ4v) is 2.00. The van der Waals surface area contributed by atoms with Gasteiger partial charge in [0.25, 0.3) is 0 Å². The Kier molecular flexibility index (Phi) is 5.24. The number of aliphatic carboxylic acids is 1. The summed E-state index contributed by atoms with van der Waals surface area (Å²) in [6.07, 6.45) is 1.69. The van der Waals surface area contributed by atoms with Crippen LogP contribution >= 0.6 is 0 Å². The molecule has 0 aliphatic rings. The third-order valence-corrected chi connectivity index (χ3v) is 3.20. The van der Waals surface area contributed by atoms with E-state index in [-0.39, 0.29) is 13.0 Å². The van der Waals surface area contributed by atoms with E-state index in [0.29, 0.717) is 11.1 Å². The van der Waals surface area contributed by atoms with Crippen LogP contribution in [0.5, 0.6) is 0 Å². The van der Waals surface area contributed by atoms with E-state index in [9.17, 15) is 14.4 Å². The normalized spacial score (nSPS) is 11.7. The molecular weight excluding hydrogens is 300 g/mol. The van der Waals surface area contributed by atoms with Crippen molar-refractivity contribution in [3.8, 4) is 0 Å². The lowest BCUT2D eigenvalue weighted by atomic mass is 10.1. The van der Waals surface area contributed by atoms with Gasteiger partial charge in [-0.25, -0.2) is 9.59 Å². The van der Waals surface area contributed by atoms with Crippen LogP contribution in [0.4, 0.5) is 0 Å². The minimum Gasteiger partial charge on any atom is -0.479 e. The Morgan fingerprint density at radius 1 is 1.26 bits per heavy atom. The van der Waals surface area contributed by atoms with Crippen LogP contribution in [0.1, 0.15) is 18.9 Å². The summed E-state index contributed by atoms with van der Waals surface area (Å²) in [5.41, 5.74) is 1.33. The molecule has 0 spiro atoms. The van der Waals surface area contributed by atoms with E-state index < -0.39 is 23.9 Å². The summed E-state index contributed by atoms with van der Waals surface area (Å²) in [7, 11) is 0. The first-order valence-corrected chi connectivity index (χ1v) is 7.04. The van der Waals surface area contributed by atoms with Gasteiger partial charge in [-0.1, -0.05) is 31.2 Å². The van der Waals surface area contributed by atoms with Crippen molar-refractivity contribution < 1.29 is 24.2 Å². The van der Waals surface area contributed by atoms with Crippen molar-refractivity contribution in [1.29, 1.82) is 0 Å². The number of carbonyl (C=O) groups is 3. The third-order valence-electron chi connectivity index (χ3n) is 3.20. The molecule has 0 aliphatic heterocycles. The first-order valence-electron chi connectivity index (χ1n) is 7.04. The van der Waals surface area contributed by atoms with Crippen molar-refractivity contribution in [2.45, 2.75) is 26.0 Å². The highest BCUT2D eigenvalue weighted by atomic mass is 16.5. The van der Waals surface area contributed by atoms with Gasteiger partial charge in [0.2, 0.25) is 11.9 Å². The van der Waals surface area contributed by atoms with Gasteiger partial charge in [0.15, 0.2) is 0 Å². The summed E-state index contributed by atoms with van der Waals surface area (Å²) in [6.45, 7) is 1.43. The standard InChI is InChI=1S/C16H16N2O5/c1-2-12(19)18-14(15(20)21)16(22)23-9-11-6-3-5-10-7-4-8-17-13(10)11/h3-8,14H,2,9H2,1H3,(H,18,19)(H,20,21). The minimum atomic E-state index is -1.72. The molecule has 1 heterocycles. The van der Waals surface area contributed by atoms with Crippen LogP contribution in [0.3, 0.4) is 0 Å². The van der Waals surface area contributed by atoms with Gasteiger partial charge in [-0.3, -0.25) is 9.78 Å². The molecule has 0 aliphatic carbocycles. The summed E-state index contributed by atoms with van der Waals surface area (Å²) in [5, 5.41) is 12.0. The van der Waals surface area contributed by atoms with Gasteiger partial charge in [0.05, 0.1) is 5.52 Å². The van der Waals surface area contributed by atoms with Crippen LogP contribution in [0.2, 0.25) is 0 Å². The molecule has 1 amide bonds. The highest BCUT2D eigenvalue weighted by Crippen LogP contribution is 2.16. The maximum atomic E-state index is 11.9. The molecule has 2 N–H and O–H groups in total. The molecule has 1 unspecified atom stereocenters. The van der Waals surface area contributed by atoms with E-state index in [1.165, 1.54) is 0 Å². The Labute approximate surface area is 132 Å². The van der Waals surface area contributed by atoms with Crippen molar-refractivity contribution in [1.82, 2.24) is 10.3 Å². The summed E-state index contributed by atoms with van der Waals surface area (Å²) in [6, 6.07) is 7.35. The van der Waals surface area contributed by atoms with Crippen molar-refractivity contribution in [3.63, 3.8) is 0 Å². The number of carboxylic acids is 1. The zero-order valence-electron chi connectivity index (χ0n) is 12.5. The summed E-state index contributed by atoms with van der Waals surface area (Å²) < 4.78 is 5.03. The first-order chi connectivity index (χ1) is 11.0. The van der Waals surface area contributed by atoms with Gasteiger partial charge in [0, 0.05) is 23.6 Å². The molecule has 1 atom stereocenters. The Bertz CT molecular complexity index is 739. The fraction of sp³-hybridized carbons (Fsp3) is 0.250. The number of rotatable bonds is 6. The van der Waals surface area contributed by atoms with Crippen molar-refractivity contribution in [2.75, 3.05) is 0 Å².